The van der Waals surface area contributed by atoms with Crippen molar-refractivity contribution in [3.8, 4) is 0 Å². The van der Waals surface area contributed by atoms with Crippen LogP contribution in [0.25, 0.3) is 0 Å². The van der Waals surface area contributed by atoms with Crippen molar-refractivity contribution in [3.05, 3.63) is 59.7 Å². The van der Waals surface area contributed by atoms with Crippen molar-refractivity contribution in [1.29, 1.82) is 0 Å². The van der Waals surface area contributed by atoms with Gasteiger partial charge in [0.05, 0.1) is 18.1 Å². The smallest absolute Gasteiger partial charge is 0.320 e. The number of carbonyl (C=O) groups is 2. The first-order valence-electron chi connectivity index (χ1n) is 14.6. The van der Waals surface area contributed by atoms with Crippen LogP contribution in [-0.2, 0) is 21.0 Å². The minimum Gasteiger partial charge on any atom is -0.378 e. The highest BCUT2D eigenvalue weighted by atomic mass is 32.2. The van der Waals surface area contributed by atoms with Crippen LogP contribution >= 0.6 is 0 Å². The van der Waals surface area contributed by atoms with Crippen molar-refractivity contribution in [3.63, 3.8) is 0 Å². The first-order chi connectivity index (χ1) is 19.5. The van der Waals surface area contributed by atoms with Crippen LogP contribution in [0.5, 0.6) is 0 Å². The van der Waals surface area contributed by atoms with Crippen molar-refractivity contribution >= 4 is 27.5 Å². The molecule has 224 valence electrons. The number of ether oxygens (including phenoxy) is 1. The van der Waals surface area contributed by atoms with Gasteiger partial charge in [-0.3, -0.25) is 9.69 Å². The Morgan fingerprint density at radius 2 is 1.61 bits per heavy atom. The lowest BCUT2D eigenvalue weighted by Gasteiger charge is -2.40. The van der Waals surface area contributed by atoms with Crippen LogP contribution in [0, 0.1) is 5.92 Å². The summed E-state index contributed by atoms with van der Waals surface area (Å²) in [5, 5.41) is 2.94. The predicted octanol–water partition coefficient (Wildman–Crippen LogP) is 4.15. The molecule has 1 N–H and O–H groups in total. The molecule has 0 saturated carbocycles. The van der Waals surface area contributed by atoms with E-state index in [1.807, 2.05) is 28.0 Å². The summed E-state index contributed by atoms with van der Waals surface area (Å²) in [7, 11) is -3.31. The quantitative estimate of drug-likeness (QED) is 0.476. The lowest BCUT2D eigenvalue weighted by atomic mass is 9.94. The van der Waals surface area contributed by atoms with E-state index in [0.29, 0.717) is 55.6 Å². The summed E-state index contributed by atoms with van der Waals surface area (Å²) in [6.07, 6.45) is 4.02. The van der Waals surface area contributed by atoms with Gasteiger partial charge in [0.15, 0.2) is 9.84 Å². The number of morpholine rings is 1. The third-order valence-corrected chi connectivity index (χ3v) is 9.25. The maximum Gasteiger partial charge on any atom is 0.320 e. The number of hydrogen-bond donors (Lipinski definition) is 1. The molecule has 2 saturated heterocycles. The van der Waals surface area contributed by atoms with Crippen LogP contribution in [-0.4, -0.2) is 99.3 Å². The number of piperidine rings is 1. The van der Waals surface area contributed by atoms with E-state index < -0.39 is 9.84 Å². The monoisotopic (exact) mass is 584 g/mol. The molecule has 0 aromatic heterocycles. The van der Waals surface area contributed by atoms with Gasteiger partial charge in [0.2, 0.25) is 0 Å². The summed E-state index contributed by atoms with van der Waals surface area (Å²) in [6.45, 7) is 11.9. The number of rotatable bonds is 9. The Balaban J connectivity index is 1.31. The van der Waals surface area contributed by atoms with Gasteiger partial charge in [0.25, 0.3) is 5.91 Å². The van der Waals surface area contributed by atoms with Crippen molar-refractivity contribution in [2.24, 2.45) is 5.92 Å². The largest absolute Gasteiger partial charge is 0.378 e. The van der Waals surface area contributed by atoms with E-state index >= 15 is 0 Å². The highest BCUT2D eigenvalue weighted by molar-refractivity contribution is 7.90. The van der Waals surface area contributed by atoms with Crippen LogP contribution in [0.4, 0.5) is 10.5 Å². The number of nitrogens with zero attached hydrogens (tertiary/aromatic N) is 3. The number of anilines is 1. The Labute approximate surface area is 244 Å². The average molecular weight is 585 g/mol. The molecule has 0 bridgehead atoms. The van der Waals surface area contributed by atoms with Crippen LogP contribution < -0.4 is 5.32 Å². The Morgan fingerprint density at radius 3 is 2.22 bits per heavy atom. The van der Waals surface area contributed by atoms with Crippen molar-refractivity contribution < 1.29 is 22.7 Å². The van der Waals surface area contributed by atoms with E-state index in [0.717, 1.165) is 50.7 Å². The molecule has 2 heterocycles. The van der Waals surface area contributed by atoms with Crippen molar-refractivity contribution in [2.75, 3.05) is 57.5 Å². The molecule has 10 heteroatoms. The number of carbonyl (C=O) groups excluding carboxylic acids is 2. The van der Waals surface area contributed by atoms with E-state index in [2.05, 4.69) is 37.1 Å². The van der Waals surface area contributed by atoms with Crippen molar-refractivity contribution in [1.82, 2.24) is 14.7 Å². The standard InChI is InChI=1S/C31H44N4O5S/c1-23(2)35(22-25-12-14-33(15-13-25)31(37)34-16-18-40-19-17-34)24(3)20-26-6-5-7-28(21-26)32-30(36)27-8-10-29(11-9-27)41(4,38)39/h5-11,21,23-25H,12-20,22H2,1-4H3,(H,32,36). The minimum atomic E-state index is -3.31. The highest BCUT2D eigenvalue weighted by Crippen LogP contribution is 2.24. The number of nitrogens with one attached hydrogen (secondary N) is 1. The van der Waals surface area contributed by atoms with Gasteiger partial charge in [-0.2, -0.15) is 0 Å². The van der Waals surface area contributed by atoms with Gasteiger partial charge in [-0.25, -0.2) is 13.2 Å². The molecular formula is C31H44N4O5S. The summed E-state index contributed by atoms with van der Waals surface area (Å²) in [4.78, 5) is 32.3. The molecule has 3 amide bonds. The number of sulfone groups is 1. The normalized spacial score (nSPS) is 17.6. The molecule has 2 aromatic rings. The fourth-order valence-electron chi connectivity index (χ4n) is 5.75. The Kier molecular flexibility index (Phi) is 10.4. The first kappa shape index (κ1) is 31.0. The minimum absolute atomic E-state index is 0.152. The second kappa shape index (κ2) is 13.8. The highest BCUT2D eigenvalue weighted by Gasteiger charge is 2.29. The number of benzene rings is 2. The van der Waals surface area contributed by atoms with Crippen LogP contribution in [0.1, 0.15) is 49.5 Å². The van der Waals surface area contributed by atoms with Crippen LogP contribution in [0.2, 0.25) is 0 Å². The maximum atomic E-state index is 12.9. The molecule has 4 rings (SSSR count). The number of urea groups is 1. The van der Waals surface area contributed by atoms with E-state index in [-0.39, 0.29) is 16.8 Å². The number of amides is 3. The van der Waals surface area contributed by atoms with E-state index in [1.165, 1.54) is 24.3 Å². The van der Waals surface area contributed by atoms with Gasteiger partial charge in [0, 0.05) is 62.3 Å². The van der Waals surface area contributed by atoms with Gasteiger partial charge >= 0.3 is 6.03 Å². The second-order valence-electron chi connectivity index (χ2n) is 11.6. The maximum absolute atomic E-state index is 12.9. The summed E-state index contributed by atoms with van der Waals surface area (Å²) in [5.74, 6) is 0.269. The molecule has 0 radical (unpaired) electrons. The zero-order valence-electron chi connectivity index (χ0n) is 24.7. The SMILES string of the molecule is CC(C)N(CC1CCN(C(=O)N2CCOCC2)CC1)C(C)Cc1cccc(NC(=O)c2ccc(S(C)(=O)=O)cc2)c1. The predicted molar refractivity (Wildman–Crippen MR) is 161 cm³/mol. The van der Waals surface area contributed by atoms with Crippen LogP contribution in [0.15, 0.2) is 53.4 Å². The van der Waals surface area contributed by atoms with Gasteiger partial charge in [-0.1, -0.05) is 12.1 Å². The Bertz CT molecular complexity index is 1280. The molecule has 2 fully saturated rings. The third-order valence-electron chi connectivity index (χ3n) is 8.13. The molecule has 9 nitrogen and oxygen atoms in total. The Morgan fingerprint density at radius 1 is 0.976 bits per heavy atom. The van der Waals surface area contributed by atoms with Crippen LogP contribution in [0.3, 0.4) is 0 Å². The molecule has 2 aliphatic heterocycles. The Hall–Kier alpha value is -2.95. The molecular weight excluding hydrogens is 540 g/mol. The fraction of sp³-hybridized carbons (Fsp3) is 0.548. The van der Waals surface area contributed by atoms with Gasteiger partial charge in [-0.05, 0) is 87.9 Å². The zero-order chi connectivity index (χ0) is 29.6. The summed E-state index contributed by atoms with van der Waals surface area (Å²) >= 11 is 0. The molecule has 1 unspecified atom stereocenters. The first-order valence-corrected chi connectivity index (χ1v) is 16.5. The fourth-order valence-corrected chi connectivity index (χ4v) is 6.38. The zero-order valence-corrected chi connectivity index (χ0v) is 25.5. The van der Waals surface area contributed by atoms with Gasteiger partial charge < -0.3 is 19.9 Å². The lowest BCUT2D eigenvalue weighted by Crippen LogP contribution is -2.51. The summed E-state index contributed by atoms with van der Waals surface area (Å²) in [5.41, 5.74) is 2.25. The van der Waals surface area contributed by atoms with E-state index in [9.17, 15) is 18.0 Å². The molecule has 0 spiro atoms. The van der Waals surface area contributed by atoms with Gasteiger partial charge in [-0.15, -0.1) is 0 Å². The molecule has 2 aromatic carbocycles. The molecule has 0 aliphatic carbocycles. The summed E-state index contributed by atoms with van der Waals surface area (Å²) < 4.78 is 28.8. The van der Waals surface area contributed by atoms with E-state index in [1.54, 1.807) is 0 Å². The molecule has 2 aliphatic rings. The van der Waals surface area contributed by atoms with E-state index in [4.69, 9.17) is 4.74 Å². The molecule has 41 heavy (non-hydrogen) atoms. The lowest BCUT2D eigenvalue weighted by molar-refractivity contribution is 0.0379. The third kappa shape index (κ3) is 8.53. The average Bonchev–Trinajstić information content (AvgIpc) is 2.96. The van der Waals surface area contributed by atoms with Crippen molar-refractivity contribution in [2.45, 2.75) is 57.0 Å². The van der Waals surface area contributed by atoms with Gasteiger partial charge in [0.1, 0.15) is 0 Å². The molecule has 1 atom stereocenters. The topological polar surface area (TPSA) is 99.3 Å². The number of likely N-dealkylation sites (tertiary alicyclic amines) is 1. The number of hydrogen-bond acceptors (Lipinski definition) is 6. The summed E-state index contributed by atoms with van der Waals surface area (Å²) in [6, 6.07) is 14.7. The second-order valence-corrected chi connectivity index (χ2v) is 13.6.